The van der Waals surface area contributed by atoms with Gasteiger partial charge in [-0.05, 0) is 50.2 Å². The fraction of sp³-hybridized carbons (Fsp3) is 0.400. The second-order valence-corrected chi connectivity index (χ2v) is 10.7. The van der Waals surface area contributed by atoms with E-state index >= 15 is 4.39 Å². The van der Waals surface area contributed by atoms with Crippen molar-refractivity contribution in [3.05, 3.63) is 64.2 Å². The Bertz CT molecular complexity index is 1340. The number of hydrogen-bond donors (Lipinski definition) is 0. The molecule has 1 fully saturated rings. The summed E-state index contributed by atoms with van der Waals surface area (Å²) in [5.41, 5.74) is 1.13. The smallest absolute Gasteiger partial charge is 0.211 e. The number of benzene rings is 2. The number of hydrogen-bond acceptors (Lipinski definition) is 5. The summed E-state index contributed by atoms with van der Waals surface area (Å²) in [4.78, 5) is 17.3. The van der Waals surface area contributed by atoms with Gasteiger partial charge in [0.05, 0.1) is 21.5 Å². The zero-order chi connectivity index (χ0) is 23.8. The normalized spacial score (nSPS) is 15.3. The first-order chi connectivity index (χ1) is 15.7. The Kier molecular flexibility index (Phi) is 6.59. The molecule has 6 nitrogen and oxygen atoms in total. The molecule has 3 aromatic rings. The van der Waals surface area contributed by atoms with E-state index in [9.17, 15) is 13.2 Å². The summed E-state index contributed by atoms with van der Waals surface area (Å²) in [5, 5.41) is 0.0928. The molecule has 1 aromatic heterocycles. The van der Waals surface area contributed by atoms with E-state index in [0.717, 1.165) is 31.5 Å². The molecule has 0 amide bonds. The first kappa shape index (κ1) is 23.4. The third-order valence-electron chi connectivity index (χ3n) is 6.30. The molecule has 2 heterocycles. The van der Waals surface area contributed by atoms with Crippen LogP contribution in [-0.4, -0.2) is 51.1 Å². The highest BCUT2D eigenvalue weighted by molar-refractivity contribution is 7.91. The minimum absolute atomic E-state index is 0.0653. The van der Waals surface area contributed by atoms with E-state index in [1.807, 2.05) is 18.9 Å². The van der Waals surface area contributed by atoms with Crippen molar-refractivity contribution in [2.24, 2.45) is 0 Å². The Morgan fingerprint density at radius 3 is 2.45 bits per heavy atom. The minimum Gasteiger partial charge on any atom is -0.367 e. The third-order valence-corrected chi connectivity index (χ3v) is 8.05. The second-order valence-electron chi connectivity index (χ2n) is 8.80. The van der Waals surface area contributed by atoms with E-state index in [0.29, 0.717) is 30.8 Å². The van der Waals surface area contributed by atoms with Crippen LogP contribution in [0.1, 0.15) is 25.3 Å². The molecular formula is C25H30FN3O3S. The van der Waals surface area contributed by atoms with Gasteiger partial charge in [0.25, 0.3) is 0 Å². The Hall–Kier alpha value is -2.71. The lowest BCUT2D eigenvalue weighted by Gasteiger charge is -2.34. The van der Waals surface area contributed by atoms with Crippen molar-refractivity contribution in [3.8, 4) is 0 Å². The first-order valence-electron chi connectivity index (χ1n) is 11.3. The van der Waals surface area contributed by atoms with E-state index in [4.69, 9.17) is 0 Å². The number of sulfone groups is 1. The van der Waals surface area contributed by atoms with Crippen LogP contribution < -0.4 is 10.3 Å². The number of nitrogens with zero attached hydrogens (tertiary/aromatic N) is 3. The van der Waals surface area contributed by atoms with Gasteiger partial charge >= 0.3 is 0 Å². The Morgan fingerprint density at radius 1 is 1.06 bits per heavy atom. The average Bonchev–Trinajstić information content (AvgIpc) is 2.79. The van der Waals surface area contributed by atoms with Crippen molar-refractivity contribution in [2.45, 2.75) is 43.0 Å². The number of unbranched alkanes of at least 4 members (excludes halogenated alkanes) is 1. The van der Waals surface area contributed by atoms with Crippen molar-refractivity contribution in [1.29, 1.82) is 0 Å². The molecule has 0 bridgehead atoms. The molecular weight excluding hydrogens is 441 g/mol. The number of halogens is 1. The first-order valence-corrected chi connectivity index (χ1v) is 12.8. The minimum atomic E-state index is -4.05. The molecule has 0 aliphatic carbocycles. The third kappa shape index (κ3) is 4.54. The number of aromatic nitrogens is 1. The van der Waals surface area contributed by atoms with Crippen molar-refractivity contribution in [3.63, 3.8) is 0 Å². The predicted molar refractivity (Wildman–Crippen MR) is 129 cm³/mol. The van der Waals surface area contributed by atoms with E-state index in [1.54, 1.807) is 35.8 Å². The van der Waals surface area contributed by atoms with Crippen LogP contribution in [-0.2, 0) is 16.4 Å². The van der Waals surface area contributed by atoms with Gasteiger partial charge in [-0.15, -0.1) is 0 Å². The molecule has 33 heavy (non-hydrogen) atoms. The maximum atomic E-state index is 15.2. The molecule has 4 rings (SSSR count). The maximum absolute atomic E-state index is 15.2. The molecule has 176 valence electrons. The summed E-state index contributed by atoms with van der Waals surface area (Å²) in [5.74, 6) is -0.503. The number of anilines is 1. The van der Waals surface area contributed by atoms with E-state index in [-0.39, 0.29) is 15.2 Å². The lowest BCUT2D eigenvalue weighted by Crippen LogP contribution is -2.44. The molecule has 0 radical (unpaired) electrons. The van der Waals surface area contributed by atoms with Gasteiger partial charge in [0.1, 0.15) is 10.7 Å². The lowest BCUT2D eigenvalue weighted by molar-refractivity contribution is 0.312. The van der Waals surface area contributed by atoms with Gasteiger partial charge in [-0.25, -0.2) is 12.8 Å². The van der Waals surface area contributed by atoms with E-state index in [2.05, 4.69) is 4.90 Å². The zero-order valence-corrected chi connectivity index (χ0v) is 20.2. The van der Waals surface area contributed by atoms with Crippen LogP contribution in [0.2, 0.25) is 0 Å². The quantitative estimate of drug-likeness (QED) is 0.547. The molecule has 8 heteroatoms. The van der Waals surface area contributed by atoms with E-state index in [1.165, 1.54) is 18.3 Å². The van der Waals surface area contributed by atoms with Gasteiger partial charge in [-0.1, -0.05) is 25.5 Å². The van der Waals surface area contributed by atoms with Gasteiger partial charge in [0, 0.05) is 38.9 Å². The number of likely N-dealkylation sites (N-methyl/N-ethyl adjacent to an activating group) is 1. The molecule has 0 N–H and O–H groups in total. The van der Waals surface area contributed by atoms with Gasteiger partial charge in [0.15, 0.2) is 0 Å². The number of fused-ring (bicyclic) bond motifs is 1. The van der Waals surface area contributed by atoms with Gasteiger partial charge < -0.3 is 14.4 Å². The largest absolute Gasteiger partial charge is 0.367 e. The Balaban J connectivity index is 1.91. The molecule has 1 aliphatic heterocycles. The van der Waals surface area contributed by atoms with Crippen LogP contribution in [0.5, 0.6) is 0 Å². The van der Waals surface area contributed by atoms with Crippen LogP contribution in [0.4, 0.5) is 10.1 Å². The van der Waals surface area contributed by atoms with Crippen molar-refractivity contribution < 1.29 is 12.8 Å². The topological polar surface area (TPSA) is 62.6 Å². The second kappa shape index (κ2) is 9.27. The molecule has 0 atom stereocenters. The van der Waals surface area contributed by atoms with Crippen LogP contribution >= 0.6 is 0 Å². The standard InChI is InChI=1S/C25H30FN3O3S/c1-4-5-9-29-17-24(33(31,32)19-8-6-7-18(2)14-19)25(30)20-15-21(26)23(16-22(20)29)28-12-10-27(3)11-13-28/h6-8,14-17H,4-5,9-13H2,1-3H3. The monoisotopic (exact) mass is 471 g/mol. The van der Waals surface area contributed by atoms with Crippen LogP contribution in [0.3, 0.4) is 0 Å². The molecule has 2 aromatic carbocycles. The molecule has 1 saturated heterocycles. The van der Waals surface area contributed by atoms with Crippen molar-refractivity contribution >= 4 is 26.4 Å². The highest BCUT2D eigenvalue weighted by atomic mass is 32.2. The predicted octanol–water partition coefficient (Wildman–Crippen LogP) is 3.83. The molecule has 0 unspecified atom stereocenters. The summed E-state index contributed by atoms with van der Waals surface area (Å²) in [6.07, 6.45) is 3.15. The van der Waals surface area contributed by atoms with Crippen LogP contribution in [0.15, 0.2) is 57.2 Å². The fourth-order valence-corrected chi connectivity index (χ4v) is 5.75. The van der Waals surface area contributed by atoms with Crippen molar-refractivity contribution in [2.75, 3.05) is 38.1 Å². The van der Waals surface area contributed by atoms with Crippen LogP contribution in [0.25, 0.3) is 10.9 Å². The number of aryl methyl sites for hydroxylation is 2. The molecule has 0 spiro atoms. The SMILES string of the molecule is CCCCn1cc(S(=O)(=O)c2cccc(C)c2)c(=O)c2cc(F)c(N3CCN(C)CC3)cc21. The molecule has 0 saturated carbocycles. The summed E-state index contributed by atoms with van der Waals surface area (Å²) < 4.78 is 43.8. The van der Waals surface area contributed by atoms with E-state index < -0.39 is 21.1 Å². The van der Waals surface area contributed by atoms with Gasteiger partial charge in [-0.3, -0.25) is 4.79 Å². The Labute approximate surface area is 194 Å². The number of pyridine rings is 1. The van der Waals surface area contributed by atoms with Gasteiger partial charge in [0.2, 0.25) is 15.3 Å². The van der Waals surface area contributed by atoms with Gasteiger partial charge in [-0.2, -0.15) is 0 Å². The average molecular weight is 472 g/mol. The van der Waals surface area contributed by atoms with Crippen LogP contribution in [0, 0.1) is 12.7 Å². The fourth-order valence-electron chi connectivity index (χ4n) is 4.28. The van der Waals surface area contributed by atoms with Crippen molar-refractivity contribution in [1.82, 2.24) is 9.47 Å². The summed E-state index contributed by atoms with van der Waals surface area (Å²) in [7, 11) is -2.02. The highest BCUT2D eigenvalue weighted by Gasteiger charge is 2.26. The molecule has 1 aliphatic rings. The number of rotatable bonds is 6. The highest BCUT2D eigenvalue weighted by Crippen LogP contribution is 2.28. The lowest BCUT2D eigenvalue weighted by atomic mass is 10.1. The Morgan fingerprint density at radius 2 is 1.79 bits per heavy atom. The summed E-state index contributed by atoms with van der Waals surface area (Å²) >= 11 is 0. The zero-order valence-electron chi connectivity index (χ0n) is 19.3. The number of piperazine rings is 1. The summed E-state index contributed by atoms with van der Waals surface area (Å²) in [6, 6.07) is 9.40. The maximum Gasteiger partial charge on any atom is 0.211 e. The summed E-state index contributed by atoms with van der Waals surface area (Å²) in [6.45, 7) is 7.42.